The first kappa shape index (κ1) is 17.3. The van der Waals surface area contributed by atoms with Crippen LogP contribution in [0.25, 0.3) is 44.4 Å². The van der Waals surface area contributed by atoms with Crippen molar-refractivity contribution >= 4 is 10.9 Å². The van der Waals surface area contributed by atoms with Gasteiger partial charge in [-0.3, -0.25) is 0 Å². The summed E-state index contributed by atoms with van der Waals surface area (Å²) >= 11 is 0. The molecule has 29 heavy (non-hydrogen) atoms. The van der Waals surface area contributed by atoms with E-state index in [1.807, 2.05) is 54.6 Å². The van der Waals surface area contributed by atoms with Crippen molar-refractivity contribution in [1.29, 1.82) is 0 Å². The summed E-state index contributed by atoms with van der Waals surface area (Å²) in [5, 5.41) is 1.05. The van der Waals surface area contributed by atoms with Gasteiger partial charge < -0.3 is 0 Å². The van der Waals surface area contributed by atoms with Crippen LogP contribution in [0, 0.1) is 5.82 Å². The summed E-state index contributed by atoms with van der Waals surface area (Å²) in [5.41, 5.74) is 6.43. The Morgan fingerprint density at radius 2 is 1.17 bits per heavy atom. The number of pyridine rings is 1. The van der Waals surface area contributed by atoms with E-state index in [1.54, 1.807) is 12.1 Å². The van der Waals surface area contributed by atoms with E-state index in [0.29, 0.717) is 11.3 Å². The molecule has 0 N–H and O–H groups in total. The van der Waals surface area contributed by atoms with Gasteiger partial charge in [-0.05, 0) is 52.6 Å². The zero-order chi connectivity index (χ0) is 19.6. The Kier molecular flexibility index (Phi) is 4.38. The maximum Gasteiger partial charge on any atom is 0.132 e. The van der Waals surface area contributed by atoms with E-state index in [-0.39, 0.29) is 5.82 Å². The van der Waals surface area contributed by atoms with Gasteiger partial charge in [0.15, 0.2) is 0 Å². The van der Waals surface area contributed by atoms with Crippen LogP contribution in [0.15, 0.2) is 109 Å². The highest BCUT2D eigenvalue weighted by molar-refractivity contribution is 5.99. The summed E-state index contributed by atoms with van der Waals surface area (Å²) < 4.78 is 14.5. The molecule has 5 rings (SSSR count). The number of rotatable bonds is 3. The van der Waals surface area contributed by atoms with Crippen LogP contribution in [0.4, 0.5) is 4.39 Å². The lowest BCUT2D eigenvalue weighted by atomic mass is 9.95. The van der Waals surface area contributed by atoms with E-state index in [0.717, 1.165) is 33.2 Å². The van der Waals surface area contributed by atoms with Crippen molar-refractivity contribution in [3.8, 4) is 33.5 Å². The predicted molar refractivity (Wildman–Crippen MR) is 118 cm³/mol. The standard InChI is InChI=1S/C27H18FN/c28-25-14-8-7-13-22(25)27-18-23(20-11-5-2-6-12-20)24-17-21(15-16-26(24)29-27)19-9-3-1-4-10-19/h1-18H. The van der Waals surface area contributed by atoms with Crippen LogP contribution in [0.5, 0.6) is 0 Å². The molecule has 2 heteroatoms. The second kappa shape index (κ2) is 7.33. The normalized spacial score (nSPS) is 10.9. The highest BCUT2D eigenvalue weighted by Crippen LogP contribution is 2.35. The number of halogens is 1. The summed E-state index contributed by atoms with van der Waals surface area (Å²) in [4.78, 5) is 4.79. The Labute approximate surface area is 169 Å². The van der Waals surface area contributed by atoms with Crippen LogP contribution < -0.4 is 0 Å². The van der Waals surface area contributed by atoms with Gasteiger partial charge in [-0.1, -0.05) is 78.9 Å². The fourth-order valence-electron chi connectivity index (χ4n) is 3.70. The van der Waals surface area contributed by atoms with Crippen LogP contribution in [-0.2, 0) is 0 Å². The van der Waals surface area contributed by atoms with E-state index in [4.69, 9.17) is 4.98 Å². The predicted octanol–water partition coefficient (Wildman–Crippen LogP) is 7.37. The SMILES string of the molecule is Fc1ccccc1-c1cc(-c2ccccc2)c2cc(-c3ccccc3)ccc2n1. The van der Waals surface area contributed by atoms with Crippen molar-refractivity contribution < 1.29 is 4.39 Å². The largest absolute Gasteiger partial charge is 0.248 e. The molecular formula is C27H18FN. The average molecular weight is 375 g/mol. The van der Waals surface area contributed by atoms with Crippen molar-refractivity contribution in [1.82, 2.24) is 4.98 Å². The van der Waals surface area contributed by atoms with Gasteiger partial charge >= 0.3 is 0 Å². The Balaban J connectivity index is 1.79. The number of hydrogen-bond donors (Lipinski definition) is 0. The lowest BCUT2D eigenvalue weighted by molar-refractivity contribution is 0.631. The molecule has 5 aromatic rings. The molecule has 1 nitrogen and oxygen atoms in total. The molecule has 0 unspecified atom stereocenters. The van der Waals surface area contributed by atoms with Crippen LogP contribution in [0.2, 0.25) is 0 Å². The first-order chi connectivity index (χ1) is 14.3. The number of fused-ring (bicyclic) bond motifs is 1. The van der Waals surface area contributed by atoms with Gasteiger partial charge in [-0.15, -0.1) is 0 Å². The van der Waals surface area contributed by atoms with Gasteiger partial charge in [0, 0.05) is 10.9 Å². The Morgan fingerprint density at radius 1 is 0.517 bits per heavy atom. The minimum absolute atomic E-state index is 0.265. The molecule has 0 atom stereocenters. The molecule has 0 spiro atoms. The number of hydrogen-bond acceptors (Lipinski definition) is 1. The molecule has 0 saturated heterocycles. The smallest absolute Gasteiger partial charge is 0.132 e. The molecule has 0 radical (unpaired) electrons. The fourth-order valence-corrected chi connectivity index (χ4v) is 3.70. The zero-order valence-corrected chi connectivity index (χ0v) is 15.7. The molecule has 4 aromatic carbocycles. The van der Waals surface area contributed by atoms with E-state index < -0.39 is 0 Å². The van der Waals surface area contributed by atoms with Crippen molar-refractivity contribution in [2.24, 2.45) is 0 Å². The highest BCUT2D eigenvalue weighted by Gasteiger charge is 2.13. The van der Waals surface area contributed by atoms with Gasteiger partial charge in [-0.25, -0.2) is 9.37 Å². The Bertz CT molecular complexity index is 1290. The summed E-state index contributed by atoms with van der Waals surface area (Å²) in [5.74, 6) is -0.265. The molecule has 0 fully saturated rings. The number of benzene rings is 4. The van der Waals surface area contributed by atoms with Crippen molar-refractivity contribution in [3.05, 3.63) is 115 Å². The summed E-state index contributed by atoms with van der Waals surface area (Å²) in [6.07, 6.45) is 0. The van der Waals surface area contributed by atoms with Crippen molar-refractivity contribution in [2.45, 2.75) is 0 Å². The molecular weight excluding hydrogens is 357 g/mol. The van der Waals surface area contributed by atoms with Crippen LogP contribution in [0.3, 0.4) is 0 Å². The molecule has 1 aromatic heterocycles. The Hall–Kier alpha value is -3.78. The first-order valence-corrected chi connectivity index (χ1v) is 9.60. The quantitative estimate of drug-likeness (QED) is 0.321. The fraction of sp³-hybridized carbons (Fsp3) is 0. The minimum atomic E-state index is -0.265. The van der Waals surface area contributed by atoms with Crippen LogP contribution in [0.1, 0.15) is 0 Å². The van der Waals surface area contributed by atoms with E-state index in [2.05, 4.69) is 36.4 Å². The molecule has 0 bridgehead atoms. The molecule has 0 aliphatic rings. The topological polar surface area (TPSA) is 12.9 Å². The van der Waals surface area contributed by atoms with E-state index in [9.17, 15) is 4.39 Å². The lowest BCUT2D eigenvalue weighted by Crippen LogP contribution is -1.92. The van der Waals surface area contributed by atoms with Crippen LogP contribution in [-0.4, -0.2) is 4.98 Å². The average Bonchev–Trinajstić information content (AvgIpc) is 2.79. The molecule has 0 aliphatic carbocycles. The number of nitrogens with zero attached hydrogens (tertiary/aromatic N) is 1. The molecule has 138 valence electrons. The zero-order valence-electron chi connectivity index (χ0n) is 15.7. The Morgan fingerprint density at radius 3 is 1.90 bits per heavy atom. The third kappa shape index (κ3) is 3.30. The maximum absolute atomic E-state index is 14.5. The summed E-state index contributed by atoms with van der Waals surface area (Å²) in [7, 11) is 0. The molecule has 1 heterocycles. The minimum Gasteiger partial charge on any atom is -0.248 e. The number of aromatic nitrogens is 1. The van der Waals surface area contributed by atoms with E-state index in [1.165, 1.54) is 6.07 Å². The van der Waals surface area contributed by atoms with Gasteiger partial charge in [-0.2, -0.15) is 0 Å². The van der Waals surface area contributed by atoms with E-state index >= 15 is 0 Å². The third-order valence-corrected chi connectivity index (χ3v) is 5.15. The second-order valence-electron chi connectivity index (χ2n) is 7.00. The second-order valence-corrected chi connectivity index (χ2v) is 7.00. The first-order valence-electron chi connectivity index (χ1n) is 9.60. The van der Waals surface area contributed by atoms with Gasteiger partial charge in [0.05, 0.1) is 11.2 Å². The van der Waals surface area contributed by atoms with Gasteiger partial charge in [0.1, 0.15) is 5.82 Å². The van der Waals surface area contributed by atoms with Gasteiger partial charge in [0.25, 0.3) is 0 Å². The van der Waals surface area contributed by atoms with Crippen molar-refractivity contribution in [3.63, 3.8) is 0 Å². The van der Waals surface area contributed by atoms with Gasteiger partial charge in [0.2, 0.25) is 0 Å². The lowest BCUT2D eigenvalue weighted by Gasteiger charge is -2.12. The van der Waals surface area contributed by atoms with Crippen molar-refractivity contribution in [2.75, 3.05) is 0 Å². The summed E-state index contributed by atoms with van der Waals surface area (Å²) in [6.45, 7) is 0. The highest BCUT2D eigenvalue weighted by atomic mass is 19.1. The summed E-state index contributed by atoms with van der Waals surface area (Å²) in [6, 6.07) is 35.5. The maximum atomic E-state index is 14.5. The third-order valence-electron chi connectivity index (χ3n) is 5.15. The molecule has 0 aliphatic heterocycles. The molecule has 0 amide bonds. The van der Waals surface area contributed by atoms with Crippen LogP contribution >= 0.6 is 0 Å². The monoisotopic (exact) mass is 375 g/mol. The molecule has 0 saturated carbocycles.